The summed E-state index contributed by atoms with van der Waals surface area (Å²) in [5, 5.41) is 0. The van der Waals surface area contributed by atoms with Gasteiger partial charge in [0.05, 0.1) is 12.2 Å². The van der Waals surface area contributed by atoms with Crippen LogP contribution in [0.3, 0.4) is 0 Å². The molecule has 0 unspecified atom stereocenters. The van der Waals surface area contributed by atoms with E-state index in [-0.39, 0.29) is 11.6 Å². The largest absolute Gasteiger partial charge is 0.490 e. The van der Waals surface area contributed by atoms with E-state index < -0.39 is 0 Å². The molecule has 0 atom stereocenters. The van der Waals surface area contributed by atoms with Gasteiger partial charge in [-0.2, -0.15) is 0 Å². The monoisotopic (exact) mass is 166 g/mol. The molecule has 1 aliphatic carbocycles. The Labute approximate surface area is 70.3 Å². The number of carbonyl (C=O) groups excluding carboxylic acids is 1. The minimum Gasteiger partial charge on any atom is -0.490 e. The fourth-order valence-electron chi connectivity index (χ4n) is 2.36. The van der Waals surface area contributed by atoms with E-state index in [0.717, 1.165) is 31.4 Å². The number of esters is 1. The number of rotatable bonds is 0. The molecule has 0 amide bonds. The molecule has 4 rings (SSSR count). The summed E-state index contributed by atoms with van der Waals surface area (Å²) < 4.78 is 10.9. The van der Waals surface area contributed by atoms with Gasteiger partial charge in [0.25, 0.3) is 0 Å². The lowest BCUT2D eigenvalue weighted by molar-refractivity contribution is -0.163. The predicted molar refractivity (Wildman–Crippen MR) is 40.2 cm³/mol. The Bertz CT molecular complexity index is 271. The first kappa shape index (κ1) is 6.52. The number of fused-ring (bicyclic) bond motifs is 2. The SMILES string of the molecule is O=C1C=C2OC3CCC2(CC3)O1. The second kappa shape index (κ2) is 1.84. The summed E-state index contributed by atoms with van der Waals surface area (Å²) in [4.78, 5) is 11.0. The molecule has 0 N–H and O–H groups in total. The number of carbonyl (C=O) groups is 1. The number of ether oxygens (including phenoxy) is 2. The first-order chi connectivity index (χ1) is 5.78. The Kier molecular flexibility index (Phi) is 1.000. The maximum absolute atomic E-state index is 11.0. The van der Waals surface area contributed by atoms with Gasteiger partial charge >= 0.3 is 5.97 Å². The molecule has 3 heteroatoms. The Hall–Kier alpha value is -0.990. The van der Waals surface area contributed by atoms with Crippen LogP contribution in [0.1, 0.15) is 25.7 Å². The van der Waals surface area contributed by atoms with E-state index >= 15 is 0 Å². The van der Waals surface area contributed by atoms with Gasteiger partial charge in [-0.05, 0) is 25.7 Å². The molecule has 1 spiro atoms. The van der Waals surface area contributed by atoms with Crippen LogP contribution >= 0.6 is 0 Å². The smallest absolute Gasteiger partial charge is 0.335 e. The third-order valence-corrected chi connectivity index (χ3v) is 3.03. The molecule has 0 radical (unpaired) electrons. The quantitative estimate of drug-likeness (QED) is 0.506. The van der Waals surface area contributed by atoms with Crippen LogP contribution in [0.15, 0.2) is 11.8 Å². The lowest BCUT2D eigenvalue weighted by Crippen LogP contribution is -2.45. The highest BCUT2D eigenvalue weighted by atomic mass is 16.6. The van der Waals surface area contributed by atoms with Crippen molar-refractivity contribution in [2.24, 2.45) is 0 Å². The first-order valence-electron chi connectivity index (χ1n) is 4.40. The molecule has 2 bridgehead atoms. The van der Waals surface area contributed by atoms with Gasteiger partial charge in [-0.3, -0.25) is 0 Å². The second-order valence-electron chi connectivity index (χ2n) is 3.74. The molecule has 4 aliphatic rings. The normalized spacial score (nSPS) is 43.2. The third-order valence-electron chi connectivity index (χ3n) is 3.03. The molecular weight excluding hydrogens is 156 g/mol. The second-order valence-corrected chi connectivity index (χ2v) is 3.74. The fourth-order valence-corrected chi connectivity index (χ4v) is 2.36. The summed E-state index contributed by atoms with van der Waals surface area (Å²) in [7, 11) is 0. The molecular formula is C9H10O3. The molecule has 3 aliphatic heterocycles. The van der Waals surface area contributed by atoms with Crippen molar-refractivity contribution < 1.29 is 14.3 Å². The maximum atomic E-state index is 11.0. The summed E-state index contributed by atoms with van der Waals surface area (Å²) in [6, 6.07) is 0. The zero-order valence-electron chi connectivity index (χ0n) is 6.71. The molecule has 3 nitrogen and oxygen atoms in total. The average molecular weight is 166 g/mol. The van der Waals surface area contributed by atoms with E-state index in [1.165, 1.54) is 6.08 Å². The molecule has 3 heterocycles. The van der Waals surface area contributed by atoms with Gasteiger partial charge in [0, 0.05) is 0 Å². The highest BCUT2D eigenvalue weighted by Crippen LogP contribution is 2.48. The number of hydrogen-bond acceptors (Lipinski definition) is 3. The highest BCUT2D eigenvalue weighted by molar-refractivity contribution is 5.86. The highest BCUT2D eigenvalue weighted by Gasteiger charge is 2.52. The zero-order chi connectivity index (χ0) is 8.18. The maximum Gasteiger partial charge on any atom is 0.335 e. The molecule has 0 aromatic heterocycles. The van der Waals surface area contributed by atoms with Crippen molar-refractivity contribution in [3.05, 3.63) is 11.8 Å². The van der Waals surface area contributed by atoms with E-state index in [1.807, 2.05) is 0 Å². The van der Waals surface area contributed by atoms with Gasteiger partial charge in [-0.25, -0.2) is 4.79 Å². The van der Waals surface area contributed by atoms with E-state index in [1.54, 1.807) is 0 Å². The summed E-state index contributed by atoms with van der Waals surface area (Å²) in [5.41, 5.74) is -0.341. The molecule has 0 aromatic rings. The van der Waals surface area contributed by atoms with Gasteiger partial charge in [0.2, 0.25) is 0 Å². The minimum absolute atomic E-state index is 0.229. The Morgan fingerprint density at radius 1 is 1.42 bits per heavy atom. The van der Waals surface area contributed by atoms with Crippen LogP contribution in [0.2, 0.25) is 0 Å². The average Bonchev–Trinajstić information content (AvgIpc) is 2.39. The van der Waals surface area contributed by atoms with Crippen LogP contribution < -0.4 is 0 Å². The first-order valence-corrected chi connectivity index (χ1v) is 4.40. The van der Waals surface area contributed by atoms with Crippen LogP contribution in [0, 0.1) is 0 Å². The topological polar surface area (TPSA) is 35.5 Å². The molecule has 1 saturated carbocycles. The predicted octanol–water partition coefficient (Wildman–Crippen LogP) is 1.14. The Morgan fingerprint density at radius 3 is 2.83 bits per heavy atom. The van der Waals surface area contributed by atoms with Crippen molar-refractivity contribution in [1.29, 1.82) is 0 Å². The van der Waals surface area contributed by atoms with Crippen molar-refractivity contribution in [2.45, 2.75) is 37.4 Å². The van der Waals surface area contributed by atoms with Crippen molar-refractivity contribution in [2.75, 3.05) is 0 Å². The zero-order valence-corrected chi connectivity index (χ0v) is 6.71. The summed E-state index contributed by atoms with van der Waals surface area (Å²) >= 11 is 0. The minimum atomic E-state index is -0.341. The van der Waals surface area contributed by atoms with Crippen LogP contribution in [-0.4, -0.2) is 17.7 Å². The Morgan fingerprint density at radius 2 is 2.17 bits per heavy atom. The van der Waals surface area contributed by atoms with E-state index in [2.05, 4.69) is 0 Å². The number of hydrogen-bond donors (Lipinski definition) is 0. The van der Waals surface area contributed by atoms with Crippen molar-refractivity contribution in [3.8, 4) is 0 Å². The van der Waals surface area contributed by atoms with Crippen LogP contribution in [-0.2, 0) is 14.3 Å². The van der Waals surface area contributed by atoms with E-state index in [4.69, 9.17) is 9.47 Å². The van der Waals surface area contributed by atoms with Gasteiger partial charge in [0.15, 0.2) is 5.60 Å². The summed E-state index contributed by atoms with van der Waals surface area (Å²) in [6.07, 6.45) is 5.82. The van der Waals surface area contributed by atoms with Crippen molar-refractivity contribution in [1.82, 2.24) is 0 Å². The molecule has 2 saturated heterocycles. The van der Waals surface area contributed by atoms with E-state index in [0.29, 0.717) is 6.10 Å². The van der Waals surface area contributed by atoms with Crippen molar-refractivity contribution in [3.63, 3.8) is 0 Å². The molecule has 12 heavy (non-hydrogen) atoms. The van der Waals surface area contributed by atoms with Gasteiger partial charge in [0.1, 0.15) is 5.76 Å². The van der Waals surface area contributed by atoms with Crippen LogP contribution in [0.4, 0.5) is 0 Å². The van der Waals surface area contributed by atoms with Gasteiger partial charge in [-0.15, -0.1) is 0 Å². The lowest BCUT2D eigenvalue weighted by atomic mass is 9.79. The standard InChI is InChI=1S/C9H10O3/c10-8-5-7-9(12-8)3-1-6(11-7)2-4-9/h5-6H,1-4H2. The summed E-state index contributed by atoms with van der Waals surface area (Å²) in [5.74, 6) is 0.558. The van der Waals surface area contributed by atoms with Gasteiger partial charge < -0.3 is 9.47 Å². The molecule has 64 valence electrons. The third kappa shape index (κ3) is 0.642. The van der Waals surface area contributed by atoms with Gasteiger partial charge in [-0.1, -0.05) is 0 Å². The lowest BCUT2D eigenvalue weighted by Gasteiger charge is -2.43. The van der Waals surface area contributed by atoms with Crippen LogP contribution in [0.25, 0.3) is 0 Å². The fraction of sp³-hybridized carbons (Fsp3) is 0.667. The van der Waals surface area contributed by atoms with Crippen LogP contribution in [0.5, 0.6) is 0 Å². The Balaban J connectivity index is 2.05. The molecule has 3 fully saturated rings. The summed E-state index contributed by atoms with van der Waals surface area (Å²) in [6.45, 7) is 0. The molecule has 0 aromatic carbocycles. The van der Waals surface area contributed by atoms with Crippen molar-refractivity contribution >= 4 is 5.97 Å². The van der Waals surface area contributed by atoms with E-state index in [9.17, 15) is 4.79 Å².